The normalized spacial score (nSPS) is 14.9. The molecule has 6 amide bonds. The van der Waals surface area contributed by atoms with Gasteiger partial charge in [0.15, 0.2) is 0 Å². The van der Waals surface area contributed by atoms with E-state index in [1.165, 1.54) is 38.1 Å². The molecule has 1 aromatic heterocycles. The van der Waals surface area contributed by atoms with Crippen molar-refractivity contribution in [2.24, 2.45) is 11.7 Å². The van der Waals surface area contributed by atoms with Gasteiger partial charge in [0, 0.05) is 29.9 Å². The number of carboxylic acids is 1. The molecule has 0 aliphatic heterocycles. The van der Waals surface area contributed by atoms with E-state index in [0.29, 0.717) is 22.0 Å². The Morgan fingerprint density at radius 2 is 1.32 bits per heavy atom. The lowest BCUT2D eigenvalue weighted by molar-refractivity contribution is -0.143. The maximum atomic E-state index is 14.0. The van der Waals surface area contributed by atoms with E-state index in [4.69, 9.17) is 5.73 Å². The highest BCUT2D eigenvalue weighted by Crippen LogP contribution is 2.20. The van der Waals surface area contributed by atoms with Crippen LogP contribution in [-0.4, -0.2) is 122 Å². The van der Waals surface area contributed by atoms with Gasteiger partial charge in [0.25, 0.3) is 0 Å². The van der Waals surface area contributed by atoms with E-state index < -0.39 is 96.9 Å². The Kier molecular flexibility index (Phi) is 16.3. The number of carboxylic acid groups (broad SMARTS) is 1. The molecule has 3 aromatic rings. The quantitative estimate of drug-likeness (QED) is 0.0574. The number of nitrogens with one attached hydrogen (secondary N) is 7. The van der Waals surface area contributed by atoms with E-state index in [1.807, 2.05) is 0 Å². The number of aliphatic hydroxyl groups excluding tert-OH is 2. The van der Waals surface area contributed by atoms with E-state index in [1.54, 1.807) is 44.3 Å². The molecular weight excluding hydrogens is 732 g/mol. The number of phenols is 1. The van der Waals surface area contributed by atoms with E-state index >= 15 is 0 Å². The number of phenolic OH excluding ortho intramolecular Hbond substituents is 1. The van der Waals surface area contributed by atoms with E-state index in [0.717, 1.165) is 0 Å². The third-order valence-electron chi connectivity index (χ3n) is 8.82. The highest BCUT2D eigenvalue weighted by Gasteiger charge is 2.33. The van der Waals surface area contributed by atoms with Crippen molar-refractivity contribution in [2.45, 2.75) is 82.9 Å². The molecular formula is C37H50N8O11. The van der Waals surface area contributed by atoms with Gasteiger partial charge in [-0.15, -0.1) is 0 Å². The van der Waals surface area contributed by atoms with Crippen LogP contribution in [0.5, 0.6) is 5.75 Å². The Bertz CT molecular complexity index is 1860. The first kappa shape index (κ1) is 44.3. The van der Waals surface area contributed by atoms with Gasteiger partial charge in [0.2, 0.25) is 35.4 Å². The number of carbonyl (C=O) groups is 7. The van der Waals surface area contributed by atoms with Gasteiger partial charge in [0.05, 0.1) is 25.3 Å². The molecule has 7 atom stereocenters. The lowest BCUT2D eigenvalue weighted by Gasteiger charge is -2.27. The second kappa shape index (κ2) is 20.6. The highest BCUT2D eigenvalue weighted by atomic mass is 16.4. The first-order valence-electron chi connectivity index (χ1n) is 17.8. The summed E-state index contributed by atoms with van der Waals surface area (Å²) in [4.78, 5) is 93.4. The van der Waals surface area contributed by atoms with Crippen molar-refractivity contribution in [3.05, 3.63) is 65.9 Å². The number of rotatable bonds is 20. The number of aliphatic hydroxyl groups is 2. The zero-order chi connectivity index (χ0) is 41.7. The van der Waals surface area contributed by atoms with Gasteiger partial charge in [-0.05, 0) is 49.1 Å². The summed E-state index contributed by atoms with van der Waals surface area (Å²) in [7, 11) is 0. The second-order valence-electron chi connectivity index (χ2n) is 13.6. The van der Waals surface area contributed by atoms with Crippen LogP contribution < -0.4 is 37.6 Å². The fourth-order valence-corrected chi connectivity index (χ4v) is 5.43. The Balaban J connectivity index is 1.83. The number of hydrogen-bond donors (Lipinski definition) is 12. The summed E-state index contributed by atoms with van der Waals surface area (Å²) in [6.07, 6.45) is -0.257. The fraction of sp³-hybridized carbons (Fsp3) is 0.432. The molecule has 0 unspecified atom stereocenters. The molecule has 3 rings (SSSR count). The zero-order valence-corrected chi connectivity index (χ0v) is 31.4. The zero-order valence-electron chi connectivity index (χ0n) is 31.4. The summed E-state index contributed by atoms with van der Waals surface area (Å²) >= 11 is 0. The van der Waals surface area contributed by atoms with E-state index in [9.17, 15) is 54.0 Å². The summed E-state index contributed by atoms with van der Waals surface area (Å²) in [6.45, 7) is 4.48. The van der Waals surface area contributed by atoms with Gasteiger partial charge >= 0.3 is 5.97 Å². The number of H-pyrrole nitrogens is 1. The number of carbonyl (C=O) groups excluding carboxylic acids is 6. The van der Waals surface area contributed by atoms with Gasteiger partial charge in [-0.3, -0.25) is 28.8 Å². The minimum atomic E-state index is -1.70. The molecule has 0 aliphatic carbocycles. The van der Waals surface area contributed by atoms with Gasteiger partial charge < -0.3 is 63.0 Å². The van der Waals surface area contributed by atoms with Crippen LogP contribution in [0.2, 0.25) is 0 Å². The molecule has 19 nitrogen and oxygen atoms in total. The summed E-state index contributed by atoms with van der Waals surface area (Å²) < 4.78 is 0. The number of aliphatic carboxylic acids is 1. The molecule has 0 saturated carbocycles. The van der Waals surface area contributed by atoms with Crippen molar-refractivity contribution in [1.29, 1.82) is 0 Å². The molecule has 56 heavy (non-hydrogen) atoms. The van der Waals surface area contributed by atoms with Crippen LogP contribution in [-0.2, 0) is 46.4 Å². The van der Waals surface area contributed by atoms with Crippen LogP contribution in [0.25, 0.3) is 10.9 Å². The largest absolute Gasteiger partial charge is 0.508 e. The second-order valence-corrected chi connectivity index (χ2v) is 13.6. The number of aromatic nitrogens is 1. The fourth-order valence-electron chi connectivity index (χ4n) is 5.43. The highest BCUT2D eigenvalue weighted by molar-refractivity contribution is 5.97. The molecule has 0 fully saturated rings. The Labute approximate surface area is 322 Å². The molecule has 13 N–H and O–H groups in total. The van der Waals surface area contributed by atoms with Crippen LogP contribution in [0.3, 0.4) is 0 Å². The molecule has 0 spiro atoms. The summed E-state index contributed by atoms with van der Waals surface area (Å²) in [5, 5.41) is 54.2. The standard InChI is InChI=1S/C37H50N8O11/c1-18(2)30(38)35(53)41-19(3)32(50)40-16-29(49)45-31(20(4)47)36(54)43-27(14-22-15-39-25-8-6-5-7-24(22)25)34(52)42-26(13-21-9-11-23(48)12-10-21)33(51)44-28(17-46)37(55)56/h5-12,15,18-20,26-28,30-31,39,46-48H,13-14,16-17,38H2,1-4H3,(H,40,50)(H,41,53)(H,42,52)(H,43,54)(H,44,51)(H,45,49)(H,55,56)/t19-,20+,26-,27-,28-,30-,31-/m0/s1. The average molecular weight is 783 g/mol. The monoisotopic (exact) mass is 782 g/mol. The lowest BCUT2D eigenvalue weighted by Crippen LogP contribution is -2.60. The van der Waals surface area contributed by atoms with Gasteiger partial charge in [-0.2, -0.15) is 0 Å². The van der Waals surface area contributed by atoms with Crippen LogP contribution in [0, 0.1) is 5.92 Å². The number of amides is 6. The van der Waals surface area contributed by atoms with Gasteiger partial charge in [-0.1, -0.05) is 44.2 Å². The van der Waals surface area contributed by atoms with Crippen LogP contribution in [0.15, 0.2) is 54.7 Å². The maximum absolute atomic E-state index is 14.0. The first-order valence-corrected chi connectivity index (χ1v) is 17.8. The van der Waals surface area contributed by atoms with Crippen LogP contribution in [0.1, 0.15) is 38.8 Å². The molecule has 0 saturated heterocycles. The Morgan fingerprint density at radius 3 is 1.91 bits per heavy atom. The number of aromatic amines is 1. The minimum absolute atomic E-state index is 0.0704. The summed E-state index contributed by atoms with van der Waals surface area (Å²) in [6, 6.07) is 4.59. The maximum Gasteiger partial charge on any atom is 0.328 e. The van der Waals surface area contributed by atoms with Gasteiger partial charge in [-0.25, -0.2) is 4.79 Å². The van der Waals surface area contributed by atoms with Gasteiger partial charge in [0.1, 0.15) is 36.0 Å². The van der Waals surface area contributed by atoms with E-state index in [-0.39, 0.29) is 24.5 Å². The number of nitrogens with two attached hydrogens (primary N) is 1. The molecule has 304 valence electrons. The number of para-hydroxylation sites is 1. The van der Waals surface area contributed by atoms with Crippen molar-refractivity contribution in [1.82, 2.24) is 36.9 Å². The van der Waals surface area contributed by atoms with Crippen molar-refractivity contribution in [2.75, 3.05) is 13.2 Å². The predicted octanol–water partition coefficient (Wildman–Crippen LogP) is -2.34. The molecule has 0 aliphatic rings. The number of aromatic hydroxyl groups is 1. The Morgan fingerprint density at radius 1 is 0.732 bits per heavy atom. The topological polar surface area (TPSA) is 314 Å². The summed E-state index contributed by atoms with van der Waals surface area (Å²) in [5.41, 5.74) is 7.56. The molecule has 19 heteroatoms. The third kappa shape index (κ3) is 12.8. The third-order valence-corrected chi connectivity index (χ3v) is 8.82. The number of hydrogen-bond acceptors (Lipinski definition) is 11. The Hall–Kier alpha value is -6.05. The molecule has 2 aromatic carbocycles. The van der Waals surface area contributed by atoms with Crippen molar-refractivity contribution in [3.8, 4) is 5.75 Å². The smallest absolute Gasteiger partial charge is 0.328 e. The van der Waals surface area contributed by atoms with Crippen molar-refractivity contribution in [3.63, 3.8) is 0 Å². The predicted molar refractivity (Wildman–Crippen MR) is 201 cm³/mol. The molecule has 0 radical (unpaired) electrons. The number of fused-ring (bicyclic) bond motifs is 1. The average Bonchev–Trinajstić information content (AvgIpc) is 3.56. The van der Waals surface area contributed by atoms with Crippen LogP contribution in [0.4, 0.5) is 0 Å². The SMILES string of the molecule is CC(C)[C@H](N)C(=O)N[C@@H](C)C(=O)NCC(=O)N[C@H](C(=O)N[C@@H](Cc1c[nH]c2ccccc12)C(=O)N[C@@H](Cc1ccc(O)cc1)C(=O)N[C@@H](CO)C(=O)O)[C@@H](C)O. The first-order chi connectivity index (χ1) is 26.4. The van der Waals surface area contributed by atoms with E-state index in [2.05, 4.69) is 36.9 Å². The summed E-state index contributed by atoms with van der Waals surface area (Å²) in [5.74, 6) is -6.86. The molecule has 0 bridgehead atoms. The lowest BCUT2D eigenvalue weighted by atomic mass is 10.0. The minimum Gasteiger partial charge on any atom is -0.508 e. The van der Waals surface area contributed by atoms with Crippen LogP contribution >= 0.6 is 0 Å². The molecule has 1 heterocycles. The van der Waals surface area contributed by atoms with Crippen molar-refractivity contribution < 1.29 is 54.0 Å². The number of benzene rings is 2. The van der Waals surface area contributed by atoms with Crippen molar-refractivity contribution >= 4 is 52.3 Å².